The number of benzene rings is 1. The highest BCUT2D eigenvalue weighted by atomic mass is 16.4. The lowest BCUT2D eigenvalue weighted by Gasteiger charge is -2.43. The normalized spacial score (nSPS) is 22.6. The topological polar surface area (TPSA) is 107 Å². The first-order valence-electron chi connectivity index (χ1n) is 9.22. The molecule has 0 aliphatic carbocycles. The maximum Gasteiger partial charge on any atom is 0.312 e. The molecule has 1 aromatic carbocycles. The van der Waals surface area contributed by atoms with Gasteiger partial charge in [-0.25, -0.2) is 0 Å². The maximum atomic E-state index is 12.5. The fourth-order valence-electron chi connectivity index (χ4n) is 3.71. The Labute approximate surface area is 158 Å². The number of hydrogen-bond acceptors (Lipinski definition) is 4. The number of nitrogens with one attached hydrogen (secondary N) is 1. The number of aromatic amines is 1. The molecule has 1 aliphatic heterocycles. The third kappa shape index (κ3) is 4.36. The van der Waals surface area contributed by atoms with Crippen molar-refractivity contribution in [1.82, 2.24) is 15.1 Å². The van der Waals surface area contributed by atoms with Gasteiger partial charge in [-0.1, -0.05) is 30.3 Å². The lowest BCUT2D eigenvalue weighted by atomic mass is 9.71. The van der Waals surface area contributed by atoms with Crippen molar-refractivity contribution in [1.29, 1.82) is 0 Å². The molecule has 2 atom stereocenters. The van der Waals surface area contributed by atoms with Crippen LogP contribution in [-0.2, 0) is 22.4 Å². The van der Waals surface area contributed by atoms with Crippen LogP contribution >= 0.6 is 0 Å². The van der Waals surface area contributed by atoms with Gasteiger partial charge in [-0.2, -0.15) is 5.10 Å². The van der Waals surface area contributed by atoms with Crippen LogP contribution in [0, 0.1) is 5.41 Å². The second-order valence-corrected chi connectivity index (χ2v) is 7.19. The number of β-amino-alcohol motifs (C(OH)–C–C–N with tert-alkyl or cyclic N) is 1. The standard InChI is InChI=1S/C20H25N3O4/c24-17-14-23(18(25)8-4-7-16-12-21-22-13-16)10-9-20(17,19(26)27)11-15-5-2-1-3-6-15/h1-3,5-6,12-13,17,24H,4,7-11,14H2,(H,21,22)(H,26,27)/t17-,20-/m1/s1. The van der Waals surface area contributed by atoms with Crippen LogP contribution < -0.4 is 0 Å². The number of aryl methyl sites for hydroxylation is 1. The van der Waals surface area contributed by atoms with E-state index in [2.05, 4.69) is 10.2 Å². The molecule has 0 bridgehead atoms. The fraction of sp³-hybridized carbons (Fsp3) is 0.450. The van der Waals surface area contributed by atoms with Gasteiger partial charge in [0.25, 0.3) is 0 Å². The minimum atomic E-state index is -1.26. The van der Waals surface area contributed by atoms with E-state index in [0.29, 0.717) is 19.4 Å². The number of nitrogens with zero attached hydrogens (tertiary/aromatic N) is 2. The number of amides is 1. The Hall–Kier alpha value is -2.67. The third-order valence-corrected chi connectivity index (χ3v) is 5.41. The summed E-state index contributed by atoms with van der Waals surface area (Å²) in [5, 5.41) is 27.1. The molecule has 7 heteroatoms. The van der Waals surface area contributed by atoms with E-state index in [-0.39, 0.29) is 25.3 Å². The molecule has 1 aliphatic rings. The fourth-order valence-corrected chi connectivity index (χ4v) is 3.71. The molecule has 3 N–H and O–H groups in total. The molecule has 0 saturated carbocycles. The highest BCUT2D eigenvalue weighted by molar-refractivity contribution is 5.79. The lowest BCUT2D eigenvalue weighted by Crippen LogP contribution is -2.57. The van der Waals surface area contributed by atoms with Gasteiger partial charge < -0.3 is 15.1 Å². The van der Waals surface area contributed by atoms with Crippen molar-refractivity contribution in [2.75, 3.05) is 13.1 Å². The number of carbonyl (C=O) groups is 2. The van der Waals surface area contributed by atoms with Crippen LogP contribution in [0.25, 0.3) is 0 Å². The van der Waals surface area contributed by atoms with Gasteiger partial charge in [-0.3, -0.25) is 14.7 Å². The van der Waals surface area contributed by atoms with Crippen molar-refractivity contribution < 1.29 is 19.8 Å². The summed E-state index contributed by atoms with van der Waals surface area (Å²) in [6.45, 7) is 0.407. The van der Waals surface area contributed by atoms with Gasteiger partial charge >= 0.3 is 5.97 Å². The summed E-state index contributed by atoms with van der Waals surface area (Å²) in [5.74, 6) is -1.05. The van der Waals surface area contributed by atoms with Crippen LogP contribution in [0.4, 0.5) is 0 Å². The first-order valence-corrected chi connectivity index (χ1v) is 9.22. The number of carboxylic acids is 1. The largest absolute Gasteiger partial charge is 0.481 e. The SMILES string of the molecule is O=C(CCCc1cn[nH]c1)N1CC[C@](Cc2ccccc2)(C(=O)O)[C@H](O)C1. The summed E-state index contributed by atoms with van der Waals surface area (Å²) < 4.78 is 0. The van der Waals surface area contributed by atoms with Crippen LogP contribution in [0.5, 0.6) is 0 Å². The molecule has 1 aromatic heterocycles. The van der Waals surface area contributed by atoms with Gasteiger partial charge in [-0.05, 0) is 36.8 Å². The Morgan fingerprint density at radius 1 is 1.26 bits per heavy atom. The highest BCUT2D eigenvalue weighted by Gasteiger charge is 2.49. The van der Waals surface area contributed by atoms with E-state index in [1.807, 2.05) is 30.3 Å². The number of carboxylic acid groups (broad SMARTS) is 1. The van der Waals surface area contributed by atoms with Crippen LogP contribution in [0.3, 0.4) is 0 Å². The number of aromatic nitrogens is 2. The smallest absolute Gasteiger partial charge is 0.312 e. The van der Waals surface area contributed by atoms with E-state index in [1.165, 1.54) is 0 Å². The summed E-state index contributed by atoms with van der Waals surface area (Å²) in [7, 11) is 0. The third-order valence-electron chi connectivity index (χ3n) is 5.41. The minimum absolute atomic E-state index is 0.0451. The molecule has 1 fully saturated rings. The van der Waals surface area contributed by atoms with Crippen molar-refractivity contribution in [2.45, 2.75) is 38.2 Å². The van der Waals surface area contributed by atoms with Gasteiger partial charge in [-0.15, -0.1) is 0 Å². The molecule has 2 aromatic rings. The number of rotatable bonds is 7. The Morgan fingerprint density at radius 3 is 2.67 bits per heavy atom. The quantitative estimate of drug-likeness (QED) is 0.686. The summed E-state index contributed by atoms with van der Waals surface area (Å²) in [6, 6.07) is 9.32. The number of aliphatic hydroxyl groups is 1. The molecule has 7 nitrogen and oxygen atoms in total. The summed E-state index contributed by atoms with van der Waals surface area (Å²) >= 11 is 0. The van der Waals surface area contributed by atoms with E-state index >= 15 is 0 Å². The number of aliphatic carboxylic acids is 1. The Balaban J connectivity index is 1.59. The van der Waals surface area contributed by atoms with Gasteiger partial charge in [0, 0.05) is 25.7 Å². The average molecular weight is 371 g/mol. The van der Waals surface area contributed by atoms with Gasteiger partial charge in [0.2, 0.25) is 5.91 Å². The molecule has 27 heavy (non-hydrogen) atoms. The molecule has 0 spiro atoms. The average Bonchev–Trinajstić information content (AvgIpc) is 3.17. The molecule has 0 radical (unpaired) electrons. The van der Waals surface area contributed by atoms with Crippen molar-refractivity contribution in [3.05, 3.63) is 53.9 Å². The number of hydrogen-bond donors (Lipinski definition) is 3. The summed E-state index contributed by atoms with van der Waals surface area (Å²) in [4.78, 5) is 26.0. The molecule has 144 valence electrons. The number of likely N-dealkylation sites (tertiary alicyclic amines) is 1. The number of piperidine rings is 1. The molecule has 3 rings (SSSR count). The van der Waals surface area contributed by atoms with Crippen LogP contribution in [0.1, 0.15) is 30.4 Å². The highest BCUT2D eigenvalue weighted by Crippen LogP contribution is 2.36. The van der Waals surface area contributed by atoms with Crippen LogP contribution in [0.15, 0.2) is 42.7 Å². The lowest BCUT2D eigenvalue weighted by molar-refractivity contribution is -0.166. The summed E-state index contributed by atoms with van der Waals surface area (Å²) in [6.07, 6.45) is 4.77. The van der Waals surface area contributed by atoms with Crippen molar-refractivity contribution in [2.24, 2.45) is 5.41 Å². The second kappa shape index (κ2) is 8.35. The molecule has 1 saturated heterocycles. The zero-order chi connectivity index (χ0) is 19.3. The van der Waals surface area contributed by atoms with Crippen molar-refractivity contribution in [3.63, 3.8) is 0 Å². The molecule has 2 heterocycles. The van der Waals surface area contributed by atoms with E-state index < -0.39 is 17.5 Å². The predicted octanol–water partition coefficient (Wildman–Crippen LogP) is 1.64. The number of aliphatic hydroxyl groups excluding tert-OH is 1. The van der Waals surface area contributed by atoms with Crippen molar-refractivity contribution in [3.8, 4) is 0 Å². The second-order valence-electron chi connectivity index (χ2n) is 7.19. The minimum Gasteiger partial charge on any atom is -0.481 e. The Bertz CT molecular complexity index is 763. The molecule has 0 unspecified atom stereocenters. The zero-order valence-corrected chi connectivity index (χ0v) is 15.2. The molecule has 1 amide bonds. The van der Waals surface area contributed by atoms with Crippen LogP contribution in [-0.4, -0.2) is 56.4 Å². The van der Waals surface area contributed by atoms with Gasteiger partial charge in [0.05, 0.1) is 12.3 Å². The maximum absolute atomic E-state index is 12.5. The van der Waals surface area contributed by atoms with Crippen molar-refractivity contribution >= 4 is 11.9 Å². The Kier molecular flexibility index (Phi) is 5.91. The Morgan fingerprint density at radius 2 is 2.04 bits per heavy atom. The first kappa shape index (κ1) is 19.1. The van der Waals surface area contributed by atoms with E-state index in [1.54, 1.807) is 17.3 Å². The number of carbonyl (C=O) groups excluding carboxylic acids is 1. The van der Waals surface area contributed by atoms with E-state index in [9.17, 15) is 19.8 Å². The molecular formula is C20H25N3O4. The number of H-pyrrole nitrogens is 1. The van der Waals surface area contributed by atoms with E-state index in [0.717, 1.165) is 17.5 Å². The predicted molar refractivity (Wildman–Crippen MR) is 98.9 cm³/mol. The van der Waals surface area contributed by atoms with Crippen LogP contribution in [0.2, 0.25) is 0 Å². The van der Waals surface area contributed by atoms with E-state index in [4.69, 9.17) is 0 Å². The monoisotopic (exact) mass is 371 g/mol. The summed E-state index contributed by atoms with van der Waals surface area (Å²) in [5.41, 5.74) is 0.669. The zero-order valence-electron chi connectivity index (χ0n) is 15.2. The van der Waals surface area contributed by atoms with Gasteiger partial charge in [0.1, 0.15) is 5.41 Å². The molecular weight excluding hydrogens is 346 g/mol. The van der Waals surface area contributed by atoms with Gasteiger partial charge in [0.15, 0.2) is 0 Å². The first-order chi connectivity index (χ1) is 13.0.